The Balaban J connectivity index is 1.97. The van der Waals surface area contributed by atoms with Crippen LogP contribution in [0.3, 0.4) is 0 Å². The molecule has 4 aromatic rings. The topological polar surface area (TPSA) is 106 Å². The van der Waals surface area contributed by atoms with E-state index in [1.54, 1.807) is 30.6 Å². The quantitative estimate of drug-likeness (QED) is 0.484. The fourth-order valence-corrected chi connectivity index (χ4v) is 5.94. The lowest BCUT2D eigenvalue weighted by atomic mass is 9.88. The Morgan fingerprint density at radius 2 is 2.09 bits per heavy atom. The van der Waals surface area contributed by atoms with Gasteiger partial charge in [0.05, 0.1) is 39.8 Å². The van der Waals surface area contributed by atoms with E-state index in [1.807, 2.05) is 10.6 Å². The van der Waals surface area contributed by atoms with E-state index in [9.17, 15) is 20.0 Å². The van der Waals surface area contributed by atoms with Gasteiger partial charge < -0.3 is 9.67 Å². The summed E-state index contributed by atoms with van der Waals surface area (Å²) in [5.41, 5.74) is 2.34. The average Bonchev–Trinajstić information content (AvgIpc) is 3.42. The van der Waals surface area contributed by atoms with Crippen LogP contribution in [-0.4, -0.2) is 30.4 Å². The summed E-state index contributed by atoms with van der Waals surface area (Å²) in [5.74, 6) is -0.327. The van der Waals surface area contributed by atoms with Gasteiger partial charge in [-0.1, -0.05) is 23.7 Å². The van der Waals surface area contributed by atoms with E-state index in [4.69, 9.17) is 11.6 Å². The normalized spacial score (nSPS) is 17.8. The van der Waals surface area contributed by atoms with Crippen LogP contribution in [0.4, 0.5) is 0 Å². The highest BCUT2D eigenvalue weighted by atomic mass is 35.5. The SMILES string of the molecule is Cn1c(=O)c2c(-c3cccc(C#N)c3)n3c(c2n(C)c1=O)[C@H](c1nc(Cl)cs1)C[C@H](CO)C3. The van der Waals surface area contributed by atoms with Crippen LogP contribution < -0.4 is 11.2 Å². The standard InChI is InChI=1S/C23H20ClN5O3S/c1-27-20-17(22(31)28(2)23(27)32)18(14-5-3-4-12(6-14)8-25)29-9-13(10-30)7-15(19(20)29)21-26-16(24)11-33-21/h3-6,11,13,15,30H,7,9-10H2,1-2H3/t13-,15+/m0/s1. The summed E-state index contributed by atoms with van der Waals surface area (Å²) in [6, 6.07) is 9.22. The molecule has 0 amide bonds. The number of aliphatic hydroxyl groups is 1. The number of hydrogen-bond donors (Lipinski definition) is 1. The maximum absolute atomic E-state index is 13.5. The molecular weight excluding hydrogens is 462 g/mol. The molecule has 0 fully saturated rings. The molecule has 8 nitrogen and oxygen atoms in total. The maximum atomic E-state index is 13.5. The highest BCUT2D eigenvalue weighted by Gasteiger charge is 2.37. The van der Waals surface area contributed by atoms with E-state index >= 15 is 0 Å². The Kier molecular flexibility index (Phi) is 5.24. The minimum Gasteiger partial charge on any atom is -0.396 e. The van der Waals surface area contributed by atoms with Crippen LogP contribution >= 0.6 is 22.9 Å². The van der Waals surface area contributed by atoms with Gasteiger partial charge in [-0.2, -0.15) is 5.26 Å². The maximum Gasteiger partial charge on any atom is 0.331 e. The van der Waals surface area contributed by atoms with Crippen molar-refractivity contribution < 1.29 is 5.11 Å². The van der Waals surface area contributed by atoms with Gasteiger partial charge in [-0.3, -0.25) is 13.9 Å². The first-order valence-corrected chi connectivity index (χ1v) is 11.7. The van der Waals surface area contributed by atoms with Gasteiger partial charge in [0, 0.05) is 44.1 Å². The van der Waals surface area contributed by atoms with Crippen LogP contribution in [0, 0.1) is 17.2 Å². The van der Waals surface area contributed by atoms with E-state index < -0.39 is 11.2 Å². The number of nitrogens with zero attached hydrogens (tertiary/aromatic N) is 5. The predicted octanol–water partition coefficient (Wildman–Crippen LogP) is 2.83. The van der Waals surface area contributed by atoms with Crippen molar-refractivity contribution in [2.75, 3.05) is 6.61 Å². The first-order chi connectivity index (χ1) is 15.8. The smallest absolute Gasteiger partial charge is 0.331 e. The van der Waals surface area contributed by atoms with Gasteiger partial charge in [0.25, 0.3) is 5.56 Å². The van der Waals surface area contributed by atoms with Crippen LogP contribution in [0.25, 0.3) is 22.2 Å². The molecule has 33 heavy (non-hydrogen) atoms. The number of benzene rings is 1. The summed E-state index contributed by atoms with van der Waals surface area (Å²) in [4.78, 5) is 30.8. The summed E-state index contributed by atoms with van der Waals surface area (Å²) in [7, 11) is 3.12. The van der Waals surface area contributed by atoms with Crippen LogP contribution in [0.2, 0.25) is 5.15 Å². The molecule has 3 aromatic heterocycles. The Morgan fingerprint density at radius 3 is 2.76 bits per heavy atom. The number of aromatic nitrogens is 4. The highest BCUT2D eigenvalue weighted by Crippen LogP contribution is 2.45. The largest absolute Gasteiger partial charge is 0.396 e. The predicted molar refractivity (Wildman–Crippen MR) is 127 cm³/mol. The first kappa shape index (κ1) is 21.6. The van der Waals surface area contributed by atoms with E-state index in [2.05, 4.69) is 11.1 Å². The second-order valence-corrected chi connectivity index (χ2v) is 9.59. The van der Waals surface area contributed by atoms with Gasteiger partial charge in [-0.15, -0.1) is 11.3 Å². The third kappa shape index (κ3) is 3.25. The minimum atomic E-state index is -0.418. The van der Waals surface area contributed by atoms with Crippen LogP contribution in [0.1, 0.15) is 28.6 Å². The summed E-state index contributed by atoms with van der Waals surface area (Å²) < 4.78 is 4.62. The van der Waals surface area contributed by atoms with Crippen molar-refractivity contribution >= 4 is 33.8 Å². The zero-order valence-electron chi connectivity index (χ0n) is 17.9. The highest BCUT2D eigenvalue weighted by molar-refractivity contribution is 7.10. The molecule has 1 N–H and O–H groups in total. The van der Waals surface area contributed by atoms with Gasteiger partial charge in [0.1, 0.15) is 10.2 Å². The molecule has 0 saturated heterocycles. The Bertz CT molecular complexity index is 1570. The van der Waals surface area contributed by atoms with Crippen LogP contribution in [0.15, 0.2) is 39.2 Å². The zero-order valence-corrected chi connectivity index (χ0v) is 19.5. The lowest BCUT2D eigenvalue weighted by Gasteiger charge is -2.31. The third-order valence-corrected chi connectivity index (χ3v) is 7.64. The van der Waals surface area contributed by atoms with Gasteiger partial charge in [0.2, 0.25) is 0 Å². The van der Waals surface area contributed by atoms with Gasteiger partial charge in [0.15, 0.2) is 0 Å². The van der Waals surface area contributed by atoms with Crippen molar-refractivity contribution in [3.05, 3.63) is 71.9 Å². The zero-order chi connectivity index (χ0) is 23.4. The first-order valence-electron chi connectivity index (χ1n) is 10.4. The van der Waals surface area contributed by atoms with Crippen molar-refractivity contribution in [1.29, 1.82) is 5.26 Å². The second kappa shape index (κ2) is 7.99. The van der Waals surface area contributed by atoms with Crippen molar-refractivity contribution in [3.8, 4) is 17.3 Å². The van der Waals surface area contributed by atoms with E-state index in [0.29, 0.717) is 45.8 Å². The number of halogens is 1. The van der Waals surface area contributed by atoms with Crippen LogP contribution in [-0.2, 0) is 20.6 Å². The molecule has 0 spiro atoms. The molecule has 2 atom stereocenters. The fourth-order valence-electron chi connectivity index (χ4n) is 4.87. The van der Waals surface area contributed by atoms with Crippen LogP contribution in [0.5, 0.6) is 0 Å². The van der Waals surface area contributed by atoms with Crippen molar-refractivity contribution in [3.63, 3.8) is 0 Å². The Hall–Kier alpha value is -3.19. The molecule has 4 heterocycles. The Labute approximate surface area is 197 Å². The molecular formula is C23H20ClN5O3S. The second-order valence-electron chi connectivity index (χ2n) is 8.31. The minimum absolute atomic E-state index is 0.0296. The molecule has 1 aromatic carbocycles. The molecule has 168 valence electrons. The van der Waals surface area contributed by atoms with E-state index in [0.717, 1.165) is 15.3 Å². The van der Waals surface area contributed by atoms with Crippen molar-refractivity contribution in [2.24, 2.45) is 20.0 Å². The summed E-state index contributed by atoms with van der Waals surface area (Å²) in [6.45, 7) is 0.442. The van der Waals surface area contributed by atoms with Crippen molar-refractivity contribution in [1.82, 2.24) is 18.7 Å². The molecule has 0 saturated carbocycles. The molecule has 10 heteroatoms. The number of nitriles is 1. The van der Waals surface area contributed by atoms with Gasteiger partial charge in [-0.25, -0.2) is 9.78 Å². The lowest BCUT2D eigenvalue weighted by Crippen LogP contribution is -2.37. The number of rotatable bonds is 3. The number of fused-ring (bicyclic) bond motifs is 3. The number of aliphatic hydroxyl groups excluding tert-OH is 1. The molecule has 0 radical (unpaired) electrons. The van der Waals surface area contributed by atoms with E-state index in [-0.39, 0.29) is 18.4 Å². The molecule has 1 aliphatic rings. The molecule has 0 aliphatic carbocycles. The van der Waals surface area contributed by atoms with Crippen molar-refractivity contribution in [2.45, 2.75) is 18.9 Å². The van der Waals surface area contributed by atoms with Gasteiger partial charge >= 0.3 is 5.69 Å². The number of hydrogen-bond acceptors (Lipinski definition) is 6. The number of aryl methyl sites for hydroxylation is 1. The molecule has 5 rings (SSSR count). The fraction of sp³-hybridized carbons (Fsp3) is 0.304. The average molecular weight is 482 g/mol. The lowest BCUT2D eigenvalue weighted by molar-refractivity contribution is 0.186. The van der Waals surface area contributed by atoms with E-state index in [1.165, 1.54) is 23.0 Å². The van der Waals surface area contributed by atoms with Gasteiger partial charge in [-0.05, 0) is 18.6 Å². The number of thiazole rings is 1. The Morgan fingerprint density at radius 1 is 1.30 bits per heavy atom. The monoisotopic (exact) mass is 481 g/mol. The summed E-state index contributed by atoms with van der Waals surface area (Å²) >= 11 is 7.55. The summed E-state index contributed by atoms with van der Waals surface area (Å²) in [5, 5.41) is 22.8. The third-order valence-electron chi connectivity index (χ3n) is 6.36. The summed E-state index contributed by atoms with van der Waals surface area (Å²) in [6.07, 6.45) is 0.612. The molecule has 0 unspecified atom stereocenters. The molecule has 1 aliphatic heterocycles. The molecule has 0 bridgehead atoms.